The lowest BCUT2D eigenvalue weighted by molar-refractivity contribution is 0.338. The van der Waals surface area contributed by atoms with Crippen LogP contribution < -0.4 is 0 Å². The van der Waals surface area contributed by atoms with Crippen LogP contribution in [0.25, 0.3) is 11.2 Å². The fourth-order valence-electron chi connectivity index (χ4n) is 2.01. The van der Waals surface area contributed by atoms with Crippen molar-refractivity contribution in [2.75, 3.05) is 20.6 Å². The number of fused-ring (bicyclic) bond motifs is 1. The van der Waals surface area contributed by atoms with Crippen LogP contribution in [0.15, 0.2) is 16.7 Å². The van der Waals surface area contributed by atoms with Crippen molar-refractivity contribution < 1.29 is 0 Å². The first-order valence-corrected chi connectivity index (χ1v) is 6.59. The first-order chi connectivity index (χ1) is 7.99. The molecule has 17 heavy (non-hydrogen) atoms. The van der Waals surface area contributed by atoms with Gasteiger partial charge in [-0.05, 0) is 55.2 Å². The van der Waals surface area contributed by atoms with E-state index in [1.54, 1.807) is 6.20 Å². The van der Waals surface area contributed by atoms with E-state index in [-0.39, 0.29) is 0 Å². The molecular weight excluding hydrogens is 300 g/mol. The number of likely N-dealkylation sites (N-methyl/N-ethyl adjacent to an activating group) is 1. The molecule has 92 valence electrons. The molecule has 1 N–H and O–H groups in total. The summed E-state index contributed by atoms with van der Waals surface area (Å²) < 4.78 is 3.74. The van der Waals surface area contributed by atoms with E-state index in [2.05, 4.69) is 56.4 Å². The van der Waals surface area contributed by atoms with Gasteiger partial charge in [0.15, 0.2) is 10.4 Å². The van der Waals surface area contributed by atoms with E-state index < -0.39 is 0 Å². The summed E-state index contributed by atoms with van der Waals surface area (Å²) in [5, 5.41) is 0. The average Bonchev–Trinajstić information content (AvgIpc) is 2.51. The molecule has 0 aliphatic rings. The molecule has 4 nitrogen and oxygen atoms in total. The first kappa shape index (κ1) is 12.7. The molecule has 1 atom stereocenters. The van der Waals surface area contributed by atoms with Gasteiger partial charge in [-0.15, -0.1) is 0 Å². The number of nitrogens with zero attached hydrogens (tertiary/aromatic N) is 3. The lowest BCUT2D eigenvalue weighted by atomic mass is 10.3. The summed E-state index contributed by atoms with van der Waals surface area (Å²) in [7, 11) is 4.11. The van der Waals surface area contributed by atoms with Gasteiger partial charge >= 0.3 is 0 Å². The Morgan fingerprint density at radius 1 is 1.59 bits per heavy atom. The smallest absolute Gasteiger partial charge is 0.179 e. The number of hydrogen-bond acceptors (Lipinski definition) is 3. The van der Waals surface area contributed by atoms with Crippen LogP contribution in [0.4, 0.5) is 0 Å². The number of rotatable bonds is 3. The highest BCUT2D eigenvalue weighted by atomic mass is 79.9. The first-order valence-electron chi connectivity index (χ1n) is 5.39. The lowest BCUT2D eigenvalue weighted by Gasteiger charge is -2.18. The third-order valence-corrected chi connectivity index (χ3v) is 3.32. The minimum Gasteiger partial charge on any atom is -0.329 e. The minimum atomic E-state index is 0.292. The molecule has 0 spiro atoms. The normalized spacial score (nSPS) is 13.5. The van der Waals surface area contributed by atoms with Gasteiger partial charge in [-0.25, -0.2) is 4.98 Å². The van der Waals surface area contributed by atoms with E-state index in [0.29, 0.717) is 6.04 Å². The van der Waals surface area contributed by atoms with Crippen LogP contribution >= 0.6 is 28.1 Å². The van der Waals surface area contributed by atoms with Crippen LogP contribution in [0.3, 0.4) is 0 Å². The SMILES string of the molecule is CC(CN(C)C)n1c(=S)[nH]c2cc(Br)cnc21. The van der Waals surface area contributed by atoms with Gasteiger partial charge in [0.2, 0.25) is 0 Å². The van der Waals surface area contributed by atoms with Crippen molar-refractivity contribution >= 4 is 39.3 Å². The summed E-state index contributed by atoms with van der Waals surface area (Å²) in [6, 6.07) is 2.29. The second-order valence-corrected chi connectivity index (χ2v) is 5.74. The van der Waals surface area contributed by atoms with E-state index >= 15 is 0 Å². The maximum atomic E-state index is 5.36. The zero-order valence-electron chi connectivity index (χ0n) is 10.1. The molecule has 1 unspecified atom stereocenters. The number of aromatic nitrogens is 3. The predicted octanol–water partition coefficient (Wildman–Crippen LogP) is 2.98. The highest BCUT2D eigenvalue weighted by Crippen LogP contribution is 2.20. The summed E-state index contributed by atoms with van der Waals surface area (Å²) in [5.74, 6) is 0. The molecule has 0 radical (unpaired) electrons. The average molecular weight is 315 g/mol. The summed E-state index contributed by atoms with van der Waals surface area (Å²) in [6.07, 6.45) is 1.80. The molecule has 0 aliphatic heterocycles. The summed E-state index contributed by atoms with van der Waals surface area (Å²) in [4.78, 5) is 9.76. The standard InChI is InChI=1S/C11H15BrN4S/c1-7(6-15(2)3)16-10-9(14-11(16)17)4-8(12)5-13-10/h4-5,7H,6H2,1-3H3,(H,14,17). The highest BCUT2D eigenvalue weighted by Gasteiger charge is 2.13. The van der Waals surface area contributed by atoms with Gasteiger partial charge in [-0.3, -0.25) is 4.57 Å². The Hall–Kier alpha value is -0.720. The molecule has 0 saturated heterocycles. The minimum absolute atomic E-state index is 0.292. The zero-order chi connectivity index (χ0) is 12.6. The number of H-pyrrole nitrogens is 1. The molecule has 0 aliphatic carbocycles. The Kier molecular flexibility index (Phi) is 3.65. The predicted molar refractivity (Wildman–Crippen MR) is 75.9 cm³/mol. The Labute approximate surface area is 114 Å². The molecule has 0 bridgehead atoms. The Bertz CT molecular complexity index is 587. The third kappa shape index (κ3) is 2.59. The largest absolute Gasteiger partial charge is 0.329 e. The van der Waals surface area contributed by atoms with E-state index in [1.807, 2.05) is 6.07 Å². The van der Waals surface area contributed by atoms with Gasteiger partial charge in [0.05, 0.1) is 5.52 Å². The number of pyridine rings is 1. The summed E-state index contributed by atoms with van der Waals surface area (Å²) in [5.41, 5.74) is 1.88. The van der Waals surface area contributed by atoms with Crippen molar-refractivity contribution in [1.82, 2.24) is 19.4 Å². The fourth-order valence-corrected chi connectivity index (χ4v) is 2.71. The molecule has 6 heteroatoms. The van der Waals surface area contributed by atoms with Crippen molar-refractivity contribution in [2.45, 2.75) is 13.0 Å². The number of imidazole rings is 1. The Morgan fingerprint density at radius 3 is 2.94 bits per heavy atom. The molecular formula is C11H15BrN4S. The van der Waals surface area contributed by atoms with Crippen molar-refractivity contribution in [1.29, 1.82) is 0 Å². The van der Waals surface area contributed by atoms with Gasteiger partial charge in [0, 0.05) is 23.3 Å². The van der Waals surface area contributed by atoms with Crippen LogP contribution in [0.2, 0.25) is 0 Å². The number of hydrogen-bond donors (Lipinski definition) is 1. The molecule has 0 saturated carbocycles. The topological polar surface area (TPSA) is 36.9 Å². The Morgan fingerprint density at radius 2 is 2.29 bits per heavy atom. The van der Waals surface area contributed by atoms with Gasteiger partial charge in [0.25, 0.3) is 0 Å². The molecule has 2 aromatic heterocycles. The van der Waals surface area contributed by atoms with Crippen molar-refractivity contribution in [3.05, 3.63) is 21.5 Å². The zero-order valence-corrected chi connectivity index (χ0v) is 12.5. The second-order valence-electron chi connectivity index (χ2n) is 4.44. The summed E-state index contributed by atoms with van der Waals surface area (Å²) >= 11 is 8.77. The summed E-state index contributed by atoms with van der Waals surface area (Å²) in [6.45, 7) is 3.08. The van der Waals surface area contributed by atoms with Crippen molar-refractivity contribution in [3.8, 4) is 0 Å². The van der Waals surface area contributed by atoms with Crippen LogP contribution in [0.1, 0.15) is 13.0 Å². The van der Waals surface area contributed by atoms with Gasteiger partial charge in [-0.1, -0.05) is 0 Å². The van der Waals surface area contributed by atoms with Crippen LogP contribution in [-0.4, -0.2) is 40.1 Å². The van der Waals surface area contributed by atoms with Gasteiger partial charge < -0.3 is 9.88 Å². The second kappa shape index (κ2) is 4.88. The molecule has 0 fully saturated rings. The van der Waals surface area contributed by atoms with Gasteiger partial charge in [0.1, 0.15) is 0 Å². The van der Waals surface area contributed by atoms with Crippen LogP contribution in [0, 0.1) is 4.77 Å². The molecule has 2 heterocycles. The quantitative estimate of drug-likeness (QED) is 0.885. The van der Waals surface area contributed by atoms with E-state index in [9.17, 15) is 0 Å². The van der Waals surface area contributed by atoms with E-state index in [0.717, 1.165) is 27.0 Å². The Balaban J connectivity index is 2.53. The van der Waals surface area contributed by atoms with Crippen molar-refractivity contribution in [3.63, 3.8) is 0 Å². The van der Waals surface area contributed by atoms with Crippen LogP contribution in [0.5, 0.6) is 0 Å². The molecule has 2 aromatic rings. The molecule has 2 rings (SSSR count). The molecule has 0 amide bonds. The number of halogens is 1. The highest BCUT2D eigenvalue weighted by molar-refractivity contribution is 9.10. The fraction of sp³-hybridized carbons (Fsp3) is 0.455. The van der Waals surface area contributed by atoms with E-state index in [1.165, 1.54) is 0 Å². The number of aromatic amines is 1. The maximum Gasteiger partial charge on any atom is 0.179 e. The molecule has 0 aromatic carbocycles. The monoisotopic (exact) mass is 314 g/mol. The van der Waals surface area contributed by atoms with E-state index in [4.69, 9.17) is 12.2 Å². The lowest BCUT2D eigenvalue weighted by Crippen LogP contribution is -2.22. The van der Waals surface area contributed by atoms with Gasteiger partial charge in [-0.2, -0.15) is 0 Å². The van der Waals surface area contributed by atoms with Crippen molar-refractivity contribution in [2.24, 2.45) is 0 Å². The third-order valence-electron chi connectivity index (χ3n) is 2.59. The van der Waals surface area contributed by atoms with Crippen LogP contribution in [-0.2, 0) is 0 Å². The maximum absolute atomic E-state index is 5.36. The number of nitrogens with one attached hydrogen (secondary N) is 1.